The molecular weight excluding hydrogens is 430 g/mol. The van der Waals surface area contributed by atoms with Crippen LogP contribution in [0.15, 0.2) is 45.3 Å². The molecule has 0 aromatic heterocycles. The lowest BCUT2D eigenvalue weighted by atomic mass is 10.2. The molecule has 0 aliphatic rings. The van der Waals surface area contributed by atoms with Crippen molar-refractivity contribution in [2.24, 2.45) is 0 Å². The number of nitro groups is 1. The molecule has 0 heterocycles. The maximum Gasteiger partial charge on any atom is 0.293 e. The van der Waals surface area contributed by atoms with Crippen LogP contribution in [-0.4, -0.2) is 17.4 Å². The lowest BCUT2D eigenvalue weighted by Gasteiger charge is -2.10. The van der Waals surface area contributed by atoms with Crippen LogP contribution in [0.3, 0.4) is 0 Å². The Bertz CT molecular complexity index is 766. The molecule has 0 radical (unpaired) electrons. The summed E-state index contributed by atoms with van der Waals surface area (Å²) < 4.78 is 1.53. The summed E-state index contributed by atoms with van der Waals surface area (Å²) in [7, 11) is 0. The third-order valence-corrected chi connectivity index (χ3v) is 4.04. The van der Waals surface area contributed by atoms with E-state index in [-0.39, 0.29) is 18.1 Å². The zero-order valence-corrected chi connectivity index (χ0v) is 15.3. The molecule has 0 spiro atoms. The molecule has 1 amide bonds. The van der Waals surface area contributed by atoms with Crippen molar-refractivity contribution in [1.82, 2.24) is 0 Å². The van der Waals surface area contributed by atoms with E-state index >= 15 is 0 Å². The summed E-state index contributed by atoms with van der Waals surface area (Å²) in [4.78, 5) is 22.5. The molecule has 0 unspecified atom stereocenters. The topological polar surface area (TPSA) is 84.3 Å². The summed E-state index contributed by atoms with van der Waals surface area (Å²) in [6.07, 6.45) is 0. The molecule has 23 heavy (non-hydrogen) atoms. The summed E-state index contributed by atoms with van der Waals surface area (Å²) in [6.45, 7) is 1.81. The van der Waals surface area contributed by atoms with E-state index < -0.39 is 4.92 Å². The lowest BCUT2D eigenvalue weighted by molar-refractivity contribution is -0.384. The number of nitrogens with one attached hydrogen (secondary N) is 2. The quantitative estimate of drug-likeness (QED) is 0.528. The second kappa shape index (κ2) is 7.56. The van der Waals surface area contributed by atoms with Crippen LogP contribution in [0.1, 0.15) is 5.56 Å². The van der Waals surface area contributed by atoms with E-state index in [1.807, 2.05) is 19.1 Å². The molecule has 0 aliphatic heterocycles. The van der Waals surface area contributed by atoms with Crippen molar-refractivity contribution in [3.05, 3.63) is 61.0 Å². The van der Waals surface area contributed by atoms with Gasteiger partial charge in [-0.15, -0.1) is 0 Å². The number of benzene rings is 2. The highest BCUT2D eigenvalue weighted by Gasteiger charge is 2.15. The molecular formula is C15H13Br2N3O3. The van der Waals surface area contributed by atoms with Crippen LogP contribution in [0.2, 0.25) is 0 Å². The van der Waals surface area contributed by atoms with Gasteiger partial charge in [0.05, 0.1) is 11.5 Å². The minimum absolute atomic E-state index is 0.0715. The summed E-state index contributed by atoms with van der Waals surface area (Å²) >= 11 is 6.55. The maximum absolute atomic E-state index is 12.0. The van der Waals surface area contributed by atoms with Crippen molar-refractivity contribution in [3.63, 3.8) is 0 Å². The van der Waals surface area contributed by atoms with Gasteiger partial charge in [0.1, 0.15) is 5.69 Å². The molecule has 0 saturated carbocycles. The van der Waals surface area contributed by atoms with Gasteiger partial charge < -0.3 is 10.6 Å². The van der Waals surface area contributed by atoms with E-state index in [2.05, 4.69) is 42.5 Å². The van der Waals surface area contributed by atoms with E-state index in [0.717, 1.165) is 10.0 Å². The number of anilines is 2. The first kappa shape index (κ1) is 17.4. The standard InChI is InChI=1S/C15H13Br2N3O3/c1-9-6-10(16)2-4-12(9)19-15(21)8-18-13-5-3-11(17)7-14(13)20(22)23/h2-7,18H,8H2,1H3,(H,19,21). The first-order valence-corrected chi connectivity index (χ1v) is 8.19. The summed E-state index contributed by atoms with van der Waals surface area (Å²) in [6, 6.07) is 10.1. The molecule has 8 heteroatoms. The molecule has 6 nitrogen and oxygen atoms in total. The Morgan fingerprint density at radius 3 is 2.35 bits per heavy atom. The van der Waals surface area contributed by atoms with Gasteiger partial charge in [0, 0.05) is 20.7 Å². The van der Waals surface area contributed by atoms with Crippen molar-refractivity contribution in [2.45, 2.75) is 6.92 Å². The van der Waals surface area contributed by atoms with Gasteiger partial charge in [-0.1, -0.05) is 31.9 Å². The van der Waals surface area contributed by atoms with Gasteiger partial charge in [0.25, 0.3) is 5.69 Å². The number of carbonyl (C=O) groups excluding carboxylic acids is 1. The smallest absolute Gasteiger partial charge is 0.293 e. The third kappa shape index (κ3) is 4.77. The first-order valence-electron chi connectivity index (χ1n) is 6.60. The third-order valence-electron chi connectivity index (χ3n) is 3.06. The average molecular weight is 443 g/mol. The molecule has 0 atom stereocenters. The van der Waals surface area contributed by atoms with Crippen LogP contribution in [0, 0.1) is 17.0 Å². The van der Waals surface area contributed by atoms with Gasteiger partial charge in [-0.25, -0.2) is 0 Å². The Labute approximate surface area is 149 Å². The number of carbonyl (C=O) groups is 1. The highest BCUT2D eigenvalue weighted by atomic mass is 79.9. The number of nitro benzene ring substituents is 1. The number of aryl methyl sites for hydroxylation is 1. The fourth-order valence-corrected chi connectivity index (χ4v) is 2.77. The zero-order chi connectivity index (χ0) is 17.0. The van der Waals surface area contributed by atoms with Gasteiger partial charge in [-0.05, 0) is 42.8 Å². The van der Waals surface area contributed by atoms with Crippen molar-refractivity contribution < 1.29 is 9.72 Å². The van der Waals surface area contributed by atoms with Crippen LogP contribution in [0.25, 0.3) is 0 Å². The van der Waals surface area contributed by atoms with Crippen molar-refractivity contribution in [3.8, 4) is 0 Å². The largest absolute Gasteiger partial charge is 0.371 e. The average Bonchev–Trinajstić information content (AvgIpc) is 2.48. The molecule has 2 N–H and O–H groups in total. The van der Waals surface area contributed by atoms with E-state index in [4.69, 9.17) is 0 Å². The summed E-state index contributed by atoms with van der Waals surface area (Å²) in [5.41, 5.74) is 1.82. The van der Waals surface area contributed by atoms with Gasteiger partial charge in [-0.3, -0.25) is 14.9 Å². The van der Waals surface area contributed by atoms with Crippen LogP contribution >= 0.6 is 31.9 Å². The predicted octanol–water partition coefficient (Wildman–Crippen LogP) is 4.48. The van der Waals surface area contributed by atoms with Crippen LogP contribution in [-0.2, 0) is 4.79 Å². The Hall–Kier alpha value is -1.93. The molecule has 2 aromatic carbocycles. The Balaban J connectivity index is 2.03. The first-order chi connectivity index (χ1) is 10.9. The minimum Gasteiger partial charge on any atom is -0.371 e. The lowest BCUT2D eigenvalue weighted by Crippen LogP contribution is -2.22. The molecule has 0 saturated heterocycles. The van der Waals surface area contributed by atoms with Crippen LogP contribution < -0.4 is 10.6 Å². The van der Waals surface area contributed by atoms with Gasteiger partial charge in [0.15, 0.2) is 0 Å². The normalized spacial score (nSPS) is 10.2. The predicted molar refractivity (Wildman–Crippen MR) is 96.8 cm³/mol. The van der Waals surface area contributed by atoms with Crippen LogP contribution in [0.5, 0.6) is 0 Å². The van der Waals surface area contributed by atoms with Gasteiger partial charge in [0.2, 0.25) is 5.91 Å². The molecule has 0 aliphatic carbocycles. The molecule has 120 valence electrons. The van der Waals surface area contributed by atoms with Gasteiger partial charge in [-0.2, -0.15) is 0 Å². The minimum atomic E-state index is -0.496. The second-order valence-corrected chi connectivity index (χ2v) is 6.61. The number of halogens is 2. The number of hydrogen-bond acceptors (Lipinski definition) is 4. The van der Waals surface area contributed by atoms with Crippen LogP contribution in [0.4, 0.5) is 17.1 Å². The van der Waals surface area contributed by atoms with E-state index in [0.29, 0.717) is 15.8 Å². The Morgan fingerprint density at radius 1 is 1.13 bits per heavy atom. The van der Waals surface area contributed by atoms with E-state index in [1.165, 1.54) is 6.07 Å². The molecule has 2 aromatic rings. The van der Waals surface area contributed by atoms with Crippen molar-refractivity contribution >= 4 is 54.8 Å². The van der Waals surface area contributed by atoms with Gasteiger partial charge >= 0.3 is 0 Å². The Morgan fingerprint density at radius 2 is 1.74 bits per heavy atom. The van der Waals surface area contributed by atoms with Crippen molar-refractivity contribution in [1.29, 1.82) is 0 Å². The second-order valence-electron chi connectivity index (χ2n) is 4.78. The molecule has 2 rings (SSSR count). The number of amides is 1. The molecule has 0 fully saturated rings. The highest BCUT2D eigenvalue weighted by molar-refractivity contribution is 9.10. The fourth-order valence-electron chi connectivity index (χ4n) is 1.94. The zero-order valence-electron chi connectivity index (χ0n) is 12.1. The number of nitrogens with zero attached hydrogens (tertiary/aromatic N) is 1. The Kier molecular flexibility index (Phi) is 5.73. The summed E-state index contributed by atoms with van der Waals surface area (Å²) in [5.74, 6) is -0.285. The highest BCUT2D eigenvalue weighted by Crippen LogP contribution is 2.27. The van der Waals surface area contributed by atoms with E-state index in [9.17, 15) is 14.9 Å². The maximum atomic E-state index is 12.0. The summed E-state index contributed by atoms with van der Waals surface area (Å²) in [5, 5.41) is 16.6. The number of rotatable bonds is 5. The fraction of sp³-hybridized carbons (Fsp3) is 0.133. The molecule has 0 bridgehead atoms. The monoisotopic (exact) mass is 441 g/mol. The number of hydrogen-bond donors (Lipinski definition) is 2. The van der Waals surface area contributed by atoms with E-state index in [1.54, 1.807) is 18.2 Å². The SMILES string of the molecule is Cc1cc(Br)ccc1NC(=O)CNc1ccc(Br)cc1[N+](=O)[O-]. The van der Waals surface area contributed by atoms with Crippen molar-refractivity contribution in [2.75, 3.05) is 17.2 Å².